The number of carbonyl (C=O) groups excluding carboxylic acids is 1. The van der Waals surface area contributed by atoms with E-state index in [0.29, 0.717) is 34.9 Å². The number of aromatic nitrogens is 4. The molecule has 0 bridgehead atoms. The van der Waals surface area contributed by atoms with Gasteiger partial charge in [-0.15, -0.1) is 5.10 Å². The first-order valence-corrected chi connectivity index (χ1v) is 13.1. The molecule has 3 unspecified atom stereocenters. The Kier molecular flexibility index (Phi) is 6.14. The SMILES string of the molecule is Cc1cnc(C2CC2C(=O)Nc2cc3cc(C4=CC(C)NC=C4OC4CCCCC4)c(F)cn3n2)nc1. The Bertz CT molecular complexity index is 1390. The average molecular weight is 503 g/mol. The van der Waals surface area contributed by atoms with E-state index < -0.39 is 5.82 Å². The van der Waals surface area contributed by atoms with E-state index in [-0.39, 0.29) is 29.9 Å². The molecule has 1 amide bonds. The number of rotatable bonds is 6. The number of hydrogen-bond acceptors (Lipinski definition) is 6. The summed E-state index contributed by atoms with van der Waals surface area (Å²) < 4.78 is 23.1. The van der Waals surface area contributed by atoms with Crippen LogP contribution in [0.4, 0.5) is 10.2 Å². The second kappa shape index (κ2) is 9.61. The summed E-state index contributed by atoms with van der Waals surface area (Å²) >= 11 is 0. The van der Waals surface area contributed by atoms with Crippen molar-refractivity contribution in [3.63, 3.8) is 0 Å². The number of halogens is 1. The number of fused-ring (bicyclic) bond motifs is 1. The first kappa shape index (κ1) is 23.6. The van der Waals surface area contributed by atoms with Gasteiger partial charge in [0.05, 0.1) is 17.8 Å². The zero-order valence-corrected chi connectivity index (χ0v) is 21.1. The van der Waals surface area contributed by atoms with Gasteiger partial charge in [0.2, 0.25) is 5.91 Å². The minimum Gasteiger partial charge on any atom is -0.488 e. The summed E-state index contributed by atoms with van der Waals surface area (Å²) in [6.07, 6.45) is 15.2. The number of nitrogens with zero attached hydrogens (tertiary/aromatic N) is 4. The molecule has 2 aliphatic carbocycles. The molecule has 1 aliphatic heterocycles. The van der Waals surface area contributed by atoms with Crippen molar-refractivity contribution in [2.75, 3.05) is 5.32 Å². The van der Waals surface area contributed by atoms with Crippen molar-refractivity contribution in [3.8, 4) is 0 Å². The van der Waals surface area contributed by atoms with Crippen molar-refractivity contribution in [2.24, 2.45) is 5.92 Å². The summed E-state index contributed by atoms with van der Waals surface area (Å²) in [7, 11) is 0. The second-order valence-corrected chi connectivity index (χ2v) is 10.4. The van der Waals surface area contributed by atoms with Gasteiger partial charge >= 0.3 is 0 Å². The maximum atomic E-state index is 15.4. The van der Waals surface area contributed by atoms with Crippen LogP contribution in [-0.2, 0) is 9.53 Å². The van der Waals surface area contributed by atoms with E-state index in [4.69, 9.17) is 4.74 Å². The summed E-state index contributed by atoms with van der Waals surface area (Å²) in [6.45, 7) is 3.95. The summed E-state index contributed by atoms with van der Waals surface area (Å²) in [6, 6.07) is 3.57. The van der Waals surface area contributed by atoms with E-state index >= 15 is 4.39 Å². The van der Waals surface area contributed by atoms with E-state index in [1.54, 1.807) is 24.5 Å². The van der Waals surface area contributed by atoms with Gasteiger partial charge in [0.1, 0.15) is 17.4 Å². The fraction of sp³-hybridized carbons (Fsp3) is 0.429. The lowest BCUT2D eigenvalue weighted by Gasteiger charge is -2.28. The van der Waals surface area contributed by atoms with E-state index in [1.165, 1.54) is 17.1 Å². The summed E-state index contributed by atoms with van der Waals surface area (Å²) in [4.78, 5) is 21.5. The minimum atomic E-state index is -0.397. The Morgan fingerprint density at radius 3 is 2.76 bits per heavy atom. The Morgan fingerprint density at radius 1 is 1.19 bits per heavy atom. The summed E-state index contributed by atoms with van der Waals surface area (Å²) in [5, 5.41) is 10.5. The van der Waals surface area contributed by atoms with Crippen molar-refractivity contribution in [2.45, 2.75) is 70.4 Å². The number of dihydropyridines is 1. The third kappa shape index (κ3) is 4.95. The van der Waals surface area contributed by atoms with Crippen LogP contribution in [0.3, 0.4) is 0 Å². The van der Waals surface area contributed by atoms with Crippen LogP contribution < -0.4 is 10.6 Å². The predicted octanol–water partition coefficient (Wildman–Crippen LogP) is 4.88. The lowest BCUT2D eigenvalue weighted by molar-refractivity contribution is -0.117. The quantitative estimate of drug-likeness (QED) is 0.499. The van der Waals surface area contributed by atoms with E-state index in [9.17, 15) is 4.79 Å². The van der Waals surface area contributed by atoms with Gasteiger partial charge in [-0.05, 0) is 57.6 Å². The smallest absolute Gasteiger partial charge is 0.229 e. The Morgan fingerprint density at radius 2 is 1.97 bits per heavy atom. The standard InChI is InChI=1S/C28H31FN6O2/c1-16-12-31-27(32-13-16)22-11-23(22)28(36)33-26-10-18-9-20(24(29)15-35(18)34-26)21-8-17(2)30-14-25(21)37-19-6-4-3-5-7-19/h8-10,12-15,17,19,22-23,30H,3-7,11H2,1-2H3,(H,33,34,36). The van der Waals surface area contributed by atoms with Crippen LogP contribution in [0.1, 0.15) is 68.3 Å². The molecule has 8 nitrogen and oxygen atoms in total. The largest absolute Gasteiger partial charge is 0.488 e. The van der Waals surface area contributed by atoms with Crippen LogP contribution in [0.15, 0.2) is 48.8 Å². The lowest BCUT2D eigenvalue weighted by atomic mass is 9.96. The van der Waals surface area contributed by atoms with Gasteiger partial charge in [-0.2, -0.15) is 0 Å². The van der Waals surface area contributed by atoms with Gasteiger partial charge < -0.3 is 15.4 Å². The molecular formula is C28H31FN6O2. The van der Waals surface area contributed by atoms with E-state index in [2.05, 4.69) is 25.7 Å². The maximum Gasteiger partial charge on any atom is 0.229 e. The van der Waals surface area contributed by atoms with Crippen LogP contribution >= 0.6 is 0 Å². The molecule has 0 saturated heterocycles. The molecule has 2 fully saturated rings. The number of carbonyl (C=O) groups is 1. The molecule has 3 aliphatic rings. The number of hydrogen-bond donors (Lipinski definition) is 2. The third-order valence-electron chi connectivity index (χ3n) is 7.36. The molecule has 0 aromatic carbocycles. The summed E-state index contributed by atoms with van der Waals surface area (Å²) in [5.41, 5.74) is 2.87. The Hall–Kier alpha value is -3.75. The Labute approximate surface area is 215 Å². The van der Waals surface area contributed by atoms with Crippen molar-refractivity contribution in [1.29, 1.82) is 0 Å². The molecule has 2 saturated carbocycles. The van der Waals surface area contributed by atoms with Gasteiger partial charge in [0.15, 0.2) is 5.82 Å². The zero-order chi connectivity index (χ0) is 25.5. The van der Waals surface area contributed by atoms with Crippen molar-refractivity contribution in [3.05, 3.63) is 71.5 Å². The van der Waals surface area contributed by atoms with Gasteiger partial charge in [0.25, 0.3) is 0 Å². The highest BCUT2D eigenvalue weighted by atomic mass is 19.1. The van der Waals surface area contributed by atoms with Gasteiger partial charge in [-0.1, -0.05) is 12.5 Å². The van der Waals surface area contributed by atoms with Crippen LogP contribution in [-0.4, -0.2) is 37.6 Å². The van der Waals surface area contributed by atoms with Crippen LogP contribution in [0.2, 0.25) is 0 Å². The number of pyridine rings is 1. The van der Waals surface area contributed by atoms with Crippen LogP contribution in [0.25, 0.3) is 11.1 Å². The molecular weight excluding hydrogens is 471 g/mol. The molecule has 192 valence electrons. The van der Waals surface area contributed by atoms with E-state index in [0.717, 1.165) is 36.8 Å². The topological polar surface area (TPSA) is 93.4 Å². The maximum absolute atomic E-state index is 15.4. The first-order valence-electron chi connectivity index (χ1n) is 13.1. The number of amides is 1. The van der Waals surface area contributed by atoms with E-state index in [1.807, 2.05) is 26.1 Å². The number of aryl methyl sites for hydroxylation is 1. The van der Waals surface area contributed by atoms with Crippen molar-refractivity contribution >= 4 is 22.8 Å². The average Bonchev–Trinajstić information content (AvgIpc) is 3.60. The highest BCUT2D eigenvalue weighted by Crippen LogP contribution is 2.46. The van der Waals surface area contributed by atoms with Gasteiger partial charge in [-0.25, -0.2) is 18.9 Å². The van der Waals surface area contributed by atoms with Crippen molar-refractivity contribution < 1.29 is 13.9 Å². The fourth-order valence-corrected chi connectivity index (χ4v) is 5.21. The molecule has 0 spiro atoms. The molecule has 3 atom stereocenters. The van der Waals surface area contributed by atoms with Crippen LogP contribution in [0.5, 0.6) is 0 Å². The normalized spacial score (nSPS) is 23.7. The zero-order valence-electron chi connectivity index (χ0n) is 21.1. The highest BCUT2D eigenvalue weighted by molar-refractivity contribution is 5.95. The first-order chi connectivity index (χ1) is 17.9. The third-order valence-corrected chi connectivity index (χ3v) is 7.36. The van der Waals surface area contributed by atoms with Gasteiger partial charge in [0, 0.05) is 53.7 Å². The molecule has 37 heavy (non-hydrogen) atoms. The minimum absolute atomic E-state index is 0.0184. The molecule has 9 heteroatoms. The van der Waals surface area contributed by atoms with Crippen molar-refractivity contribution in [1.82, 2.24) is 24.9 Å². The monoisotopic (exact) mass is 502 g/mol. The molecule has 3 aromatic rings. The van der Waals surface area contributed by atoms with Gasteiger partial charge in [-0.3, -0.25) is 4.79 Å². The molecule has 3 aromatic heterocycles. The Balaban J connectivity index is 1.20. The molecule has 4 heterocycles. The predicted molar refractivity (Wildman–Crippen MR) is 138 cm³/mol. The number of nitrogens with one attached hydrogen (secondary N) is 2. The molecule has 6 rings (SSSR count). The van der Waals surface area contributed by atoms with Crippen LogP contribution in [0, 0.1) is 18.7 Å². The number of allylic oxidation sites excluding steroid dienone is 1. The number of anilines is 1. The molecule has 0 radical (unpaired) electrons. The second-order valence-electron chi connectivity index (χ2n) is 10.4. The fourth-order valence-electron chi connectivity index (χ4n) is 5.21. The summed E-state index contributed by atoms with van der Waals surface area (Å²) in [5.74, 6) is 1.05. The highest BCUT2D eigenvalue weighted by Gasteiger charge is 2.46. The lowest BCUT2D eigenvalue weighted by Crippen LogP contribution is -2.26. The molecule has 2 N–H and O–H groups in total. The number of ether oxygens (including phenoxy) is 1.